The van der Waals surface area contributed by atoms with E-state index in [0.29, 0.717) is 5.69 Å². The maximum Gasteiger partial charge on any atom is 0.418 e. The average molecular weight is 313 g/mol. The number of alkyl halides is 3. The first-order valence-electron chi connectivity index (χ1n) is 6.95. The van der Waals surface area contributed by atoms with Gasteiger partial charge >= 0.3 is 6.18 Å². The van der Waals surface area contributed by atoms with E-state index in [1.54, 1.807) is 6.07 Å². The van der Waals surface area contributed by atoms with Crippen molar-refractivity contribution in [3.8, 4) is 5.69 Å². The molecule has 0 spiro atoms. The van der Waals surface area contributed by atoms with E-state index in [4.69, 9.17) is 0 Å². The molecule has 0 fully saturated rings. The van der Waals surface area contributed by atoms with Crippen LogP contribution < -0.4 is 0 Å². The van der Waals surface area contributed by atoms with Gasteiger partial charge in [0, 0.05) is 5.39 Å². The lowest BCUT2D eigenvalue weighted by Gasteiger charge is -2.06. The Bertz CT molecular complexity index is 1010. The molecule has 0 unspecified atom stereocenters. The zero-order valence-corrected chi connectivity index (χ0v) is 11.7. The van der Waals surface area contributed by atoms with Gasteiger partial charge in [-0.2, -0.15) is 13.2 Å². The number of hydrogen-bond donors (Lipinski definition) is 0. The average Bonchev–Trinajstić information content (AvgIpc) is 2.97. The fourth-order valence-corrected chi connectivity index (χ4v) is 2.66. The summed E-state index contributed by atoms with van der Waals surface area (Å²) in [7, 11) is 0. The van der Waals surface area contributed by atoms with Gasteiger partial charge in [-0.1, -0.05) is 42.5 Å². The van der Waals surface area contributed by atoms with E-state index in [9.17, 15) is 13.2 Å². The molecule has 0 bridgehead atoms. The van der Waals surface area contributed by atoms with Gasteiger partial charge in [-0.25, -0.2) is 0 Å². The maximum absolute atomic E-state index is 13.1. The van der Waals surface area contributed by atoms with Crippen molar-refractivity contribution >= 4 is 21.8 Å². The third-order valence-corrected chi connectivity index (χ3v) is 3.70. The molecule has 0 radical (unpaired) electrons. The van der Waals surface area contributed by atoms with Crippen molar-refractivity contribution in [2.45, 2.75) is 6.18 Å². The van der Waals surface area contributed by atoms with Gasteiger partial charge in [-0.15, -0.1) is 15.0 Å². The molecule has 23 heavy (non-hydrogen) atoms. The molecule has 114 valence electrons. The normalized spacial score (nSPS) is 12.1. The van der Waals surface area contributed by atoms with Crippen LogP contribution in [-0.4, -0.2) is 15.0 Å². The standard InChI is InChI=1S/C17H10F3N3/c18-17(19,20)13-8-4-9-14-16(13)22-23(21-14)15-10-3-6-11-5-1-2-7-12(11)15/h1-10H. The fraction of sp³-hybridized carbons (Fsp3) is 0.0588. The Morgan fingerprint density at radius 1 is 0.783 bits per heavy atom. The number of hydrogen-bond acceptors (Lipinski definition) is 2. The van der Waals surface area contributed by atoms with E-state index >= 15 is 0 Å². The SMILES string of the molecule is FC(F)(F)c1cccc2nn(-c3cccc4ccccc34)nc12. The van der Waals surface area contributed by atoms with Gasteiger partial charge in [0.15, 0.2) is 0 Å². The number of rotatable bonds is 1. The van der Waals surface area contributed by atoms with Crippen LogP contribution in [0.3, 0.4) is 0 Å². The van der Waals surface area contributed by atoms with Crippen LogP contribution in [0.25, 0.3) is 27.5 Å². The van der Waals surface area contributed by atoms with Crippen LogP contribution in [0.15, 0.2) is 60.7 Å². The summed E-state index contributed by atoms with van der Waals surface area (Å²) in [6.07, 6.45) is -4.46. The number of benzene rings is 3. The molecule has 6 heteroatoms. The van der Waals surface area contributed by atoms with Gasteiger partial charge in [0.05, 0.1) is 11.3 Å². The van der Waals surface area contributed by atoms with Gasteiger partial charge in [0.1, 0.15) is 11.0 Å². The molecule has 0 atom stereocenters. The van der Waals surface area contributed by atoms with E-state index in [1.807, 2.05) is 36.4 Å². The molecule has 0 aliphatic rings. The smallest absolute Gasteiger partial charge is 0.166 e. The quantitative estimate of drug-likeness (QED) is 0.514. The van der Waals surface area contributed by atoms with Crippen LogP contribution in [0.1, 0.15) is 5.56 Å². The summed E-state index contributed by atoms with van der Waals surface area (Å²) in [6.45, 7) is 0. The Labute approximate surface area is 129 Å². The Morgan fingerprint density at radius 2 is 1.52 bits per heavy atom. The predicted molar refractivity (Wildman–Crippen MR) is 81.4 cm³/mol. The summed E-state index contributed by atoms with van der Waals surface area (Å²) >= 11 is 0. The topological polar surface area (TPSA) is 30.7 Å². The van der Waals surface area contributed by atoms with Crippen LogP contribution >= 0.6 is 0 Å². The van der Waals surface area contributed by atoms with Crippen molar-refractivity contribution in [3.63, 3.8) is 0 Å². The van der Waals surface area contributed by atoms with Crippen LogP contribution in [0.5, 0.6) is 0 Å². The molecule has 0 N–H and O–H groups in total. The number of halogens is 3. The molecular formula is C17H10F3N3. The highest BCUT2D eigenvalue weighted by Gasteiger charge is 2.34. The minimum atomic E-state index is -4.46. The van der Waals surface area contributed by atoms with Gasteiger partial charge in [-0.05, 0) is 23.6 Å². The highest BCUT2D eigenvalue weighted by molar-refractivity contribution is 5.90. The predicted octanol–water partition coefficient (Wildman–Crippen LogP) is 4.59. The van der Waals surface area contributed by atoms with Crippen LogP contribution in [0.2, 0.25) is 0 Å². The molecule has 3 nitrogen and oxygen atoms in total. The lowest BCUT2D eigenvalue weighted by atomic mass is 10.1. The highest BCUT2D eigenvalue weighted by atomic mass is 19.4. The van der Waals surface area contributed by atoms with Crippen molar-refractivity contribution in [1.82, 2.24) is 15.0 Å². The zero-order valence-electron chi connectivity index (χ0n) is 11.7. The van der Waals surface area contributed by atoms with Crippen molar-refractivity contribution in [2.24, 2.45) is 0 Å². The summed E-state index contributed by atoms with van der Waals surface area (Å²) in [5.41, 5.74) is -0.0606. The van der Waals surface area contributed by atoms with Crippen LogP contribution in [0, 0.1) is 0 Å². The maximum atomic E-state index is 13.1. The molecule has 1 heterocycles. The van der Waals surface area contributed by atoms with Gasteiger partial charge in [0.25, 0.3) is 0 Å². The first kappa shape index (κ1) is 13.8. The first-order valence-corrected chi connectivity index (χ1v) is 6.95. The van der Waals surface area contributed by atoms with E-state index in [2.05, 4.69) is 10.2 Å². The minimum Gasteiger partial charge on any atom is -0.166 e. The summed E-state index contributed by atoms with van der Waals surface area (Å²) in [6, 6.07) is 17.0. The summed E-state index contributed by atoms with van der Waals surface area (Å²) in [4.78, 5) is 1.27. The Hall–Kier alpha value is -2.89. The summed E-state index contributed by atoms with van der Waals surface area (Å²) in [5.74, 6) is 0. The van der Waals surface area contributed by atoms with Gasteiger partial charge in [-0.3, -0.25) is 0 Å². The van der Waals surface area contributed by atoms with Crippen molar-refractivity contribution in [2.75, 3.05) is 0 Å². The van der Waals surface area contributed by atoms with Crippen molar-refractivity contribution in [3.05, 3.63) is 66.2 Å². The first-order chi connectivity index (χ1) is 11.0. The van der Waals surface area contributed by atoms with E-state index < -0.39 is 11.7 Å². The molecule has 4 rings (SSSR count). The second-order valence-electron chi connectivity index (χ2n) is 5.16. The Balaban J connectivity index is 2.00. The largest absolute Gasteiger partial charge is 0.418 e. The molecular weight excluding hydrogens is 303 g/mol. The summed E-state index contributed by atoms with van der Waals surface area (Å²) in [5, 5.41) is 10.2. The fourth-order valence-electron chi connectivity index (χ4n) is 2.66. The monoisotopic (exact) mass is 313 g/mol. The molecule has 0 aliphatic carbocycles. The molecule has 0 aliphatic heterocycles. The zero-order chi connectivity index (χ0) is 16.0. The molecule has 0 amide bonds. The highest BCUT2D eigenvalue weighted by Crippen LogP contribution is 2.33. The number of aromatic nitrogens is 3. The number of nitrogens with zero attached hydrogens (tertiary/aromatic N) is 3. The Kier molecular flexibility index (Phi) is 2.87. The molecule has 1 aromatic heterocycles. The van der Waals surface area contributed by atoms with E-state index in [-0.39, 0.29) is 11.0 Å². The van der Waals surface area contributed by atoms with Crippen LogP contribution in [0.4, 0.5) is 13.2 Å². The third kappa shape index (κ3) is 2.23. The van der Waals surface area contributed by atoms with Crippen LogP contribution in [-0.2, 0) is 6.18 Å². The second-order valence-corrected chi connectivity index (χ2v) is 5.16. The molecule has 3 aromatic carbocycles. The second kappa shape index (κ2) is 4.81. The number of fused-ring (bicyclic) bond motifs is 2. The summed E-state index contributed by atoms with van der Waals surface area (Å²) < 4.78 is 39.3. The van der Waals surface area contributed by atoms with E-state index in [0.717, 1.165) is 16.8 Å². The minimum absolute atomic E-state index is 0.145. The van der Waals surface area contributed by atoms with Crippen molar-refractivity contribution in [1.29, 1.82) is 0 Å². The third-order valence-electron chi connectivity index (χ3n) is 3.70. The van der Waals surface area contributed by atoms with Crippen molar-refractivity contribution < 1.29 is 13.2 Å². The molecule has 0 saturated carbocycles. The van der Waals surface area contributed by atoms with E-state index in [1.165, 1.54) is 16.9 Å². The Morgan fingerprint density at radius 3 is 2.35 bits per heavy atom. The molecule has 0 saturated heterocycles. The lowest BCUT2D eigenvalue weighted by molar-refractivity contribution is -0.136. The van der Waals surface area contributed by atoms with Gasteiger partial charge < -0.3 is 0 Å². The molecule has 4 aromatic rings. The lowest BCUT2D eigenvalue weighted by Crippen LogP contribution is -2.06. The van der Waals surface area contributed by atoms with Gasteiger partial charge in [0.2, 0.25) is 0 Å².